The third kappa shape index (κ3) is 8.32. The molecule has 0 aromatic heterocycles. The zero-order valence-corrected chi connectivity index (χ0v) is 24.9. The van der Waals surface area contributed by atoms with Gasteiger partial charge in [-0.2, -0.15) is 0 Å². The van der Waals surface area contributed by atoms with E-state index in [1.54, 1.807) is 0 Å². The predicted octanol–water partition coefficient (Wildman–Crippen LogP) is 2.10. The highest BCUT2D eigenvalue weighted by Crippen LogP contribution is 2.27. The molecule has 4 rings (SSSR count). The topological polar surface area (TPSA) is 59.1 Å². The lowest BCUT2D eigenvalue weighted by molar-refractivity contribution is -0.178. The van der Waals surface area contributed by atoms with Gasteiger partial charge in [-0.3, -0.25) is 19.6 Å². The quantitative estimate of drug-likeness (QED) is 0.473. The van der Waals surface area contributed by atoms with Crippen LogP contribution in [0.15, 0.2) is 0 Å². The van der Waals surface area contributed by atoms with E-state index in [-0.39, 0.29) is 34.7 Å². The van der Waals surface area contributed by atoms with Gasteiger partial charge >= 0.3 is 0 Å². The van der Waals surface area contributed by atoms with Crippen molar-refractivity contribution in [3.63, 3.8) is 0 Å². The smallest absolute Gasteiger partial charge is 0.0867 e. The molecule has 0 radical (unpaired) electrons. The van der Waals surface area contributed by atoms with Gasteiger partial charge in [-0.25, -0.2) is 0 Å². The van der Waals surface area contributed by atoms with Crippen LogP contribution in [0.2, 0.25) is 0 Å². The second kappa shape index (κ2) is 11.6. The minimum Gasteiger partial charge on any atom is -0.375 e. The van der Waals surface area contributed by atoms with Crippen molar-refractivity contribution in [2.45, 2.75) is 90.1 Å². The molecule has 0 unspecified atom stereocenters. The van der Waals surface area contributed by atoms with E-state index in [0.29, 0.717) is 13.2 Å². The zero-order chi connectivity index (χ0) is 26.9. The first kappa shape index (κ1) is 29.6. The number of hydrogen-bond acceptors (Lipinski definition) is 9. The van der Waals surface area contributed by atoms with Gasteiger partial charge in [0.25, 0.3) is 0 Å². The Labute approximate surface area is 225 Å². The molecule has 0 atom stereocenters. The Morgan fingerprint density at radius 1 is 0.486 bits per heavy atom. The molecule has 0 amide bonds. The summed E-state index contributed by atoms with van der Waals surface area (Å²) >= 11 is 0. The van der Waals surface area contributed by atoms with Crippen molar-refractivity contribution >= 4 is 0 Å². The summed E-state index contributed by atoms with van der Waals surface area (Å²) in [6, 6.07) is 0. The molecule has 0 aromatic rings. The minimum atomic E-state index is -0.153. The number of hydrogen-bond donors (Lipinski definition) is 0. The lowest BCUT2D eigenvalue weighted by Crippen LogP contribution is -2.64. The van der Waals surface area contributed by atoms with Crippen molar-refractivity contribution in [1.82, 2.24) is 19.6 Å². The van der Waals surface area contributed by atoms with E-state index < -0.39 is 0 Å². The fraction of sp³-hybridized carbons (Fsp3) is 1.00. The molecule has 0 aliphatic carbocycles. The molecule has 4 aliphatic heterocycles. The van der Waals surface area contributed by atoms with Crippen molar-refractivity contribution < 1.29 is 23.7 Å². The van der Waals surface area contributed by atoms with E-state index in [9.17, 15) is 0 Å². The average molecular weight is 527 g/mol. The maximum absolute atomic E-state index is 6.71. The SMILES string of the molecule is CC1(C)CN(C(COCC(N2CCOC(C)(C)C2)N2CCOC(C)(C)C2)N2CCOC(C)(C)C2)CCO1. The van der Waals surface area contributed by atoms with Crippen LogP contribution < -0.4 is 0 Å². The highest BCUT2D eigenvalue weighted by atomic mass is 16.5. The van der Waals surface area contributed by atoms with Gasteiger partial charge in [0.15, 0.2) is 0 Å². The second-order valence-electron chi connectivity index (χ2n) is 13.8. The van der Waals surface area contributed by atoms with Crippen molar-refractivity contribution in [3.8, 4) is 0 Å². The minimum absolute atomic E-state index is 0.153. The molecule has 0 spiro atoms. The summed E-state index contributed by atoms with van der Waals surface area (Å²) in [5.74, 6) is 0. The van der Waals surface area contributed by atoms with Gasteiger partial charge in [0.1, 0.15) is 0 Å². The Morgan fingerprint density at radius 3 is 0.946 bits per heavy atom. The molecule has 37 heavy (non-hydrogen) atoms. The van der Waals surface area contributed by atoms with Crippen LogP contribution in [0.5, 0.6) is 0 Å². The molecule has 0 bridgehead atoms. The molecule has 0 saturated carbocycles. The van der Waals surface area contributed by atoms with Crippen molar-refractivity contribution in [1.29, 1.82) is 0 Å². The molecule has 216 valence electrons. The third-order valence-corrected chi connectivity index (χ3v) is 8.04. The number of nitrogens with zero attached hydrogens (tertiary/aromatic N) is 4. The lowest BCUT2D eigenvalue weighted by atomic mass is 10.0. The fourth-order valence-corrected chi connectivity index (χ4v) is 6.39. The van der Waals surface area contributed by atoms with Gasteiger partial charge in [-0.15, -0.1) is 0 Å². The first-order valence-electron chi connectivity index (χ1n) is 14.3. The Hall–Kier alpha value is -0.360. The molecule has 4 aliphatic rings. The van der Waals surface area contributed by atoms with Crippen LogP contribution >= 0.6 is 0 Å². The summed E-state index contributed by atoms with van der Waals surface area (Å²) < 4.78 is 30.9. The molecule has 4 heterocycles. The lowest BCUT2D eigenvalue weighted by Gasteiger charge is -2.50. The highest BCUT2D eigenvalue weighted by Gasteiger charge is 2.40. The van der Waals surface area contributed by atoms with Crippen LogP contribution in [0.25, 0.3) is 0 Å². The van der Waals surface area contributed by atoms with Gasteiger partial charge in [0.05, 0.1) is 74.4 Å². The van der Waals surface area contributed by atoms with Crippen LogP contribution in [0.3, 0.4) is 0 Å². The van der Waals surface area contributed by atoms with Gasteiger partial charge in [-0.1, -0.05) is 0 Å². The molecule has 4 fully saturated rings. The van der Waals surface area contributed by atoms with Crippen LogP contribution in [0, 0.1) is 0 Å². The molecular weight excluding hydrogens is 472 g/mol. The van der Waals surface area contributed by atoms with Crippen LogP contribution in [-0.4, -0.2) is 146 Å². The van der Waals surface area contributed by atoms with Gasteiger partial charge in [-0.05, 0) is 55.4 Å². The van der Waals surface area contributed by atoms with E-state index in [4.69, 9.17) is 23.7 Å². The first-order chi connectivity index (χ1) is 17.2. The average Bonchev–Trinajstić information content (AvgIpc) is 2.76. The molecular formula is C28H54N4O5. The summed E-state index contributed by atoms with van der Waals surface area (Å²) in [5.41, 5.74) is -0.613. The Kier molecular flexibility index (Phi) is 9.31. The fourth-order valence-electron chi connectivity index (χ4n) is 6.39. The van der Waals surface area contributed by atoms with E-state index in [1.807, 2.05) is 0 Å². The van der Waals surface area contributed by atoms with Crippen molar-refractivity contribution in [3.05, 3.63) is 0 Å². The van der Waals surface area contributed by atoms with Gasteiger partial charge < -0.3 is 23.7 Å². The summed E-state index contributed by atoms with van der Waals surface area (Å²) in [5, 5.41) is 0. The Morgan fingerprint density at radius 2 is 0.730 bits per heavy atom. The Bertz CT molecular complexity index is 630. The number of ether oxygens (including phenoxy) is 5. The number of rotatable bonds is 8. The standard InChI is InChI=1S/C28H54N4O5/c1-25(2)19-29(9-13-34-25)23(30-10-14-35-26(3,4)20-30)17-33-18-24(31-11-15-36-27(5,6)21-31)32-12-16-37-28(7,8)22-32/h23-24H,9-22H2,1-8H3. The van der Waals surface area contributed by atoms with Gasteiger partial charge in [0, 0.05) is 52.4 Å². The molecule has 0 aromatic carbocycles. The maximum atomic E-state index is 6.71. The largest absolute Gasteiger partial charge is 0.375 e. The molecule has 4 saturated heterocycles. The molecule has 0 N–H and O–H groups in total. The van der Waals surface area contributed by atoms with Crippen molar-refractivity contribution in [2.24, 2.45) is 0 Å². The van der Waals surface area contributed by atoms with Crippen molar-refractivity contribution in [2.75, 3.05) is 92.0 Å². The summed E-state index contributed by atoms with van der Waals surface area (Å²) in [6.07, 6.45) is 0.406. The predicted molar refractivity (Wildman–Crippen MR) is 145 cm³/mol. The van der Waals surface area contributed by atoms with Crippen LogP contribution in [0.1, 0.15) is 55.4 Å². The Balaban J connectivity index is 1.47. The van der Waals surface area contributed by atoms with Crippen LogP contribution in [0.4, 0.5) is 0 Å². The first-order valence-corrected chi connectivity index (χ1v) is 14.3. The molecule has 9 heteroatoms. The normalized spacial score (nSPS) is 29.7. The van der Waals surface area contributed by atoms with E-state index in [0.717, 1.165) is 78.8 Å². The van der Waals surface area contributed by atoms with E-state index >= 15 is 0 Å². The summed E-state index contributed by atoms with van der Waals surface area (Å²) in [4.78, 5) is 10.3. The van der Waals surface area contributed by atoms with E-state index in [1.165, 1.54) is 0 Å². The third-order valence-electron chi connectivity index (χ3n) is 8.04. The van der Waals surface area contributed by atoms with Crippen LogP contribution in [-0.2, 0) is 23.7 Å². The van der Waals surface area contributed by atoms with Gasteiger partial charge in [0.2, 0.25) is 0 Å². The van der Waals surface area contributed by atoms with E-state index in [2.05, 4.69) is 75.0 Å². The summed E-state index contributed by atoms with van der Waals surface area (Å²) in [6.45, 7) is 29.2. The number of morpholine rings is 4. The summed E-state index contributed by atoms with van der Waals surface area (Å²) in [7, 11) is 0. The highest BCUT2D eigenvalue weighted by molar-refractivity contribution is 4.90. The monoisotopic (exact) mass is 526 g/mol. The zero-order valence-electron chi connectivity index (χ0n) is 24.9. The molecule has 9 nitrogen and oxygen atoms in total. The second-order valence-corrected chi connectivity index (χ2v) is 13.8. The maximum Gasteiger partial charge on any atom is 0.0867 e.